The van der Waals surface area contributed by atoms with Gasteiger partial charge in [0, 0.05) is 10.8 Å². The van der Waals surface area contributed by atoms with Crippen LogP contribution >= 0.6 is 0 Å². The lowest BCUT2D eigenvalue weighted by Gasteiger charge is -2.28. The summed E-state index contributed by atoms with van der Waals surface area (Å²) < 4.78 is 47.0. The molecule has 6 aromatic carbocycles. The molecule has 476 valence electrons. The van der Waals surface area contributed by atoms with Gasteiger partial charge in [-0.3, -0.25) is 0 Å². The van der Waals surface area contributed by atoms with Gasteiger partial charge in [-0.1, -0.05) is 184 Å². The van der Waals surface area contributed by atoms with Crippen molar-refractivity contribution in [3.63, 3.8) is 0 Å². The summed E-state index contributed by atoms with van der Waals surface area (Å²) in [6.45, 7) is 62.4. The summed E-state index contributed by atoms with van der Waals surface area (Å²) in [6, 6.07) is 49.5. The Kier molecular flexibility index (Phi) is 25.9. The molecule has 0 heterocycles. The maximum atomic E-state index is 5.92. The average Bonchev–Trinajstić information content (AvgIpc) is 1.26. The molecule has 0 fully saturated rings. The van der Waals surface area contributed by atoms with Gasteiger partial charge in [-0.25, -0.2) is 0 Å². The van der Waals surface area contributed by atoms with Crippen LogP contribution in [0, 0.1) is 21.7 Å². The summed E-state index contributed by atoms with van der Waals surface area (Å²) in [7, 11) is 0. The molecule has 0 saturated carbocycles. The molecule has 0 radical (unpaired) electrons. The molecular formula is C78H116O8. The van der Waals surface area contributed by atoms with E-state index < -0.39 is 0 Å². The topological polar surface area (TPSA) is 73.8 Å². The molecular weight excluding hydrogens is 1060 g/mol. The van der Waals surface area contributed by atoms with E-state index in [1.807, 2.05) is 90.1 Å². The molecule has 0 spiro atoms. The van der Waals surface area contributed by atoms with Crippen LogP contribution in [0.3, 0.4) is 0 Å². The molecule has 0 unspecified atom stereocenters. The van der Waals surface area contributed by atoms with Gasteiger partial charge >= 0.3 is 0 Å². The minimum atomic E-state index is -0.211. The first-order valence-electron chi connectivity index (χ1n) is 31.0. The first-order valence-corrected chi connectivity index (χ1v) is 31.0. The van der Waals surface area contributed by atoms with Gasteiger partial charge in [-0.05, 0) is 200 Å². The Morgan fingerprint density at radius 3 is 0.616 bits per heavy atom. The Morgan fingerprint density at radius 2 is 0.407 bits per heavy atom. The van der Waals surface area contributed by atoms with Crippen molar-refractivity contribution in [1.82, 2.24) is 0 Å². The summed E-state index contributed by atoms with van der Waals surface area (Å²) >= 11 is 0. The van der Waals surface area contributed by atoms with Gasteiger partial charge in [0.05, 0.1) is 26.4 Å². The second-order valence-electron chi connectivity index (χ2n) is 32.5. The van der Waals surface area contributed by atoms with Crippen LogP contribution in [-0.4, -0.2) is 48.8 Å². The monoisotopic (exact) mass is 1180 g/mol. The van der Waals surface area contributed by atoms with Crippen LogP contribution in [0.15, 0.2) is 146 Å². The Hall–Kier alpha value is -6.28. The van der Waals surface area contributed by atoms with Crippen LogP contribution in [0.4, 0.5) is 0 Å². The van der Waals surface area contributed by atoms with E-state index in [0.717, 1.165) is 46.0 Å². The van der Waals surface area contributed by atoms with Crippen LogP contribution in [0.1, 0.15) is 216 Å². The average molecular weight is 1180 g/mol. The first kappa shape index (κ1) is 74.0. The van der Waals surface area contributed by atoms with Crippen LogP contribution in [-0.2, 0) is 10.8 Å². The zero-order chi connectivity index (χ0) is 65.4. The largest absolute Gasteiger partial charge is 0.493 e. The van der Waals surface area contributed by atoms with E-state index >= 15 is 0 Å². The molecule has 0 N–H and O–H groups in total. The van der Waals surface area contributed by atoms with E-state index in [4.69, 9.17) is 37.9 Å². The van der Waals surface area contributed by atoms with Gasteiger partial charge in [0.1, 0.15) is 45.4 Å². The van der Waals surface area contributed by atoms with E-state index in [-0.39, 0.29) is 54.9 Å². The highest BCUT2D eigenvalue weighted by Crippen LogP contribution is 2.37. The van der Waals surface area contributed by atoms with E-state index in [1.165, 1.54) is 22.3 Å². The van der Waals surface area contributed by atoms with Gasteiger partial charge < -0.3 is 37.9 Å². The van der Waals surface area contributed by atoms with Gasteiger partial charge in [-0.15, -0.1) is 0 Å². The Balaban J connectivity index is 0.000000307. The van der Waals surface area contributed by atoms with E-state index in [9.17, 15) is 0 Å². The van der Waals surface area contributed by atoms with Crippen molar-refractivity contribution < 1.29 is 37.9 Å². The molecule has 8 nitrogen and oxygen atoms in total. The molecule has 6 rings (SSSR count). The lowest BCUT2D eigenvalue weighted by molar-refractivity contribution is 0.0958. The standard InChI is InChI=1S/C25H36O2.C23H32O2.C16H26O2.C14H22O2/c1-23(2,3)17-26-21-13-9-19(10-14-21)25(7,8)20-11-15-22(16-12-20)27-18-24(4,5)6;1-21(2,3)24-19-13-9-17(10-14-19)23(7,8)18-11-15-20(16-12-18)25-22(4,5)6;1-15(2,3)11-17-13-9-7-8-10-14(13)18-12-16(4,5)6;1-13(2,3)15-11-9-7-8-10-12(11)16-14(4,5)6/h9-16H,17-18H2,1-8H3;9-16H,1-8H3;7-10H,11-12H2,1-6H3;7-10H,1-6H3. The summed E-state index contributed by atoms with van der Waals surface area (Å²) in [5, 5.41) is 0. The number of ether oxygens (including phenoxy) is 8. The molecule has 0 saturated heterocycles. The van der Waals surface area contributed by atoms with Crippen LogP contribution < -0.4 is 37.9 Å². The van der Waals surface area contributed by atoms with E-state index in [1.54, 1.807) is 0 Å². The third-order valence-electron chi connectivity index (χ3n) is 12.3. The van der Waals surface area contributed by atoms with Gasteiger partial charge in [0.15, 0.2) is 23.0 Å². The number of benzene rings is 6. The summed E-state index contributed by atoms with van der Waals surface area (Å²) in [6.07, 6.45) is 0. The molecule has 86 heavy (non-hydrogen) atoms. The zero-order valence-corrected chi connectivity index (χ0v) is 59.0. The SMILES string of the molecule is CC(C)(C)COc1ccc(C(C)(C)c2ccc(OCC(C)(C)C)cc2)cc1.CC(C)(C)COc1ccccc1OCC(C)(C)C.CC(C)(C)Oc1ccc(C(C)(C)c2ccc(OC(C)(C)C)cc2)cc1.CC(C)(C)Oc1ccccc1OC(C)(C)C. The third-order valence-corrected chi connectivity index (χ3v) is 12.3. The molecule has 0 amide bonds. The fourth-order valence-electron chi connectivity index (χ4n) is 8.01. The van der Waals surface area contributed by atoms with Crippen molar-refractivity contribution in [2.45, 2.75) is 227 Å². The van der Waals surface area contributed by atoms with Crippen LogP contribution in [0.25, 0.3) is 0 Å². The third kappa shape index (κ3) is 29.9. The highest BCUT2D eigenvalue weighted by atomic mass is 16.5. The summed E-state index contributed by atoms with van der Waals surface area (Å²) in [4.78, 5) is 0. The van der Waals surface area contributed by atoms with Gasteiger partial charge in [-0.2, -0.15) is 0 Å². The van der Waals surface area contributed by atoms with Crippen molar-refractivity contribution in [3.05, 3.63) is 168 Å². The van der Waals surface area contributed by atoms with Crippen LogP contribution in [0.5, 0.6) is 46.0 Å². The summed E-state index contributed by atoms with van der Waals surface area (Å²) in [5.41, 5.74) is 4.75. The molecule has 0 aliphatic carbocycles. The Morgan fingerprint density at radius 1 is 0.209 bits per heavy atom. The van der Waals surface area contributed by atoms with Crippen LogP contribution in [0.2, 0.25) is 0 Å². The van der Waals surface area contributed by atoms with E-state index in [2.05, 4.69) is 249 Å². The maximum Gasteiger partial charge on any atom is 0.161 e. The fraction of sp³-hybridized carbons (Fsp3) is 0.538. The normalized spacial score (nSPS) is 12.6. The molecule has 0 aromatic heterocycles. The lowest BCUT2D eigenvalue weighted by atomic mass is 9.78. The van der Waals surface area contributed by atoms with E-state index in [0.29, 0.717) is 26.4 Å². The minimum absolute atomic E-state index is 0.0783. The lowest BCUT2D eigenvalue weighted by Crippen LogP contribution is -2.26. The molecule has 6 aromatic rings. The number of hydrogen-bond acceptors (Lipinski definition) is 8. The number of para-hydroxylation sites is 4. The van der Waals surface area contributed by atoms with Crippen molar-refractivity contribution in [3.8, 4) is 46.0 Å². The zero-order valence-electron chi connectivity index (χ0n) is 59.0. The van der Waals surface area contributed by atoms with Crippen molar-refractivity contribution in [1.29, 1.82) is 0 Å². The Bertz CT molecular complexity index is 2690. The smallest absolute Gasteiger partial charge is 0.161 e. The second-order valence-corrected chi connectivity index (χ2v) is 32.5. The first-order chi connectivity index (χ1) is 39.1. The number of hydrogen-bond donors (Lipinski definition) is 0. The van der Waals surface area contributed by atoms with Gasteiger partial charge in [0.25, 0.3) is 0 Å². The van der Waals surface area contributed by atoms with Crippen molar-refractivity contribution >= 4 is 0 Å². The van der Waals surface area contributed by atoms with Crippen molar-refractivity contribution in [2.75, 3.05) is 26.4 Å². The maximum absolute atomic E-state index is 5.92. The Labute approximate surface area is 524 Å². The predicted octanol–water partition coefficient (Wildman–Crippen LogP) is 21.8. The molecule has 0 aliphatic heterocycles. The van der Waals surface area contributed by atoms with Gasteiger partial charge in [0.2, 0.25) is 0 Å². The molecule has 8 heteroatoms. The number of rotatable bonds is 16. The summed E-state index contributed by atoms with van der Waals surface area (Å²) in [5.74, 6) is 6.91. The highest BCUT2D eigenvalue weighted by molar-refractivity contribution is 5.44. The fourth-order valence-corrected chi connectivity index (χ4v) is 8.01. The quantitative estimate of drug-likeness (QED) is 0.0949. The highest BCUT2D eigenvalue weighted by Gasteiger charge is 2.26. The molecule has 0 aliphatic rings. The molecule has 0 atom stereocenters. The second kappa shape index (κ2) is 30.1. The minimum Gasteiger partial charge on any atom is -0.493 e. The van der Waals surface area contributed by atoms with Crippen molar-refractivity contribution in [2.24, 2.45) is 21.7 Å². The predicted molar refractivity (Wildman–Crippen MR) is 364 cm³/mol. The molecule has 0 bridgehead atoms.